The van der Waals surface area contributed by atoms with Crippen molar-refractivity contribution in [3.63, 3.8) is 0 Å². The zero-order valence-electron chi connectivity index (χ0n) is 15.0. The van der Waals surface area contributed by atoms with Gasteiger partial charge in [-0.1, -0.05) is 38.1 Å². The van der Waals surface area contributed by atoms with Crippen LogP contribution in [0.15, 0.2) is 30.5 Å². The summed E-state index contributed by atoms with van der Waals surface area (Å²) in [6.07, 6.45) is 2.68. The predicted octanol–water partition coefficient (Wildman–Crippen LogP) is 2.56. The van der Waals surface area contributed by atoms with E-state index in [2.05, 4.69) is 43.2 Å². The number of carbonyl (C=O) groups is 1. The molecule has 6 nitrogen and oxygen atoms in total. The van der Waals surface area contributed by atoms with E-state index in [1.807, 2.05) is 21.7 Å². The van der Waals surface area contributed by atoms with Gasteiger partial charge in [0.25, 0.3) is 5.91 Å². The summed E-state index contributed by atoms with van der Waals surface area (Å²) in [6, 6.07) is 8.04. The molecule has 1 aromatic heterocycles. The molecule has 3 heterocycles. The first-order chi connectivity index (χ1) is 11.9. The van der Waals surface area contributed by atoms with Gasteiger partial charge in [-0.05, 0) is 29.5 Å². The Hall–Kier alpha value is -2.21. The van der Waals surface area contributed by atoms with E-state index in [0.717, 1.165) is 17.7 Å². The maximum absolute atomic E-state index is 12.9. The highest BCUT2D eigenvalue weighted by atomic mass is 16.5. The van der Waals surface area contributed by atoms with Gasteiger partial charge in [-0.2, -0.15) is 0 Å². The number of rotatable bonds is 1. The molecule has 0 spiro atoms. The molecule has 2 aliphatic rings. The van der Waals surface area contributed by atoms with Crippen molar-refractivity contribution in [2.45, 2.75) is 51.4 Å². The van der Waals surface area contributed by atoms with Gasteiger partial charge >= 0.3 is 0 Å². The molecule has 4 rings (SSSR count). The van der Waals surface area contributed by atoms with Gasteiger partial charge in [-0.3, -0.25) is 4.79 Å². The Kier molecular flexibility index (Phi) is 3.87. The van der Waals surface area contributed by atoms with E-state index in [1.54, 1.807) is 6.20 Å². The van der Waals surface area contributed by atoms with Gasteiger partial charge in [-0.25, -0.2) is 4.68 Å². The number of benzene rings is 1. The van der Waals surface area contributed by atoms with Crippen LogP contribution in [-0.4, -0.2) is 45.0 Å². The molecule has 1 saturated heterocycles. The number of fused-ring (bicyclic) bond motifs is 3. The molecule has 0 saturated carbocycles. The molecule has 2 atom stereocenters. The number of likely N-dealkylation sites (tertiary alicyclic amines) is 1. The van der Waals surface area contributed by atoms with E-state index in [4.69, 9.17) is 4.74 Å². The summed E-state index contributed by atoms with van der Waals surface area (Å²) >= 11 is 0. The van der Waals surface area contributed by atoms with Crippen LogP contribution in [0.4, 0.5) is 0 Å². The van der Waals surface area contributed by atoms with Crippen molar-refractivity contribution in [1.82, 2.24) is 19.9 Å². The van der Waals surface area contributed by atoms with Gasteiger partial charge in [0, 0.05) is 18.7 Å². The molecule has 0 aliphatic carbocycles. The smallest absolute Gasteiger partial charge is 0.253 e. The summed E-state index contributed by atoms with van der Waals surface area (Å²) in [5.41, 5.74) is 3.03. The van der Waals surface area contributed by atoms with Crippen LogP contribution in [0, 0.1) is 0 Å². The summed E-state index contributed by atoms with van der Waals surface area (Å²) in [7, 11) is 0. The molecular weight excluding hydrogens is 316 g/mol. The molecular formula is C19H24N4O2. The molecule has 1 amide bonds. The Labute approximate surface area is 147 Å². The van der Waals surface area contributed by atoms with Crippen molar-refractivity contribution >= 4 is 5.91 Å². The fourth-order valence-electron chi connectivity index (χ4n) is 3.66. The number of piperidine rings is 1. The van der Waals surface area contributed by atoms with Crippen molar-refractivity contribution in [2.75, 3.05) is 13.1 Å². The maximum atomic E-state index is 12.9. The van der Waals surface area contributed by atoms with Crippen LogP contribution in [0.5, 0.6) is 0 Å². The second-order valence-corrected chi connectivity index (χ2v) is 7.95. The van der Waals surface area contributed by atoms with Crippen molar-refractivity contribution in [3.8, 4) is 0 Å². The number of hydrogen-bond acceptors (Lipinski definition) is 4. The highest BCUT2D eigenvalue weighted by molar-refractivity contribution is 5.94. The minimum absolute atomic E-state index is 0.0535. The van der Waals surface area contributed by atoms with Crippen LogP contribution in [0.1, 0.15) is 54.8 Å². The van der Waals surface area contributed by atoms with E-state index in [-0.39, 0.29) is 23.5 Å². The monoisotopic (exact) mass is 340 g/mol. The molecule has 1 fully saturated rings. The Morgan fingerprint density at radius 1 is 1.24 bits per heavy atom. The Balaban J connectivity index is 1.52. The van der Waals surface area contributed by atoms with Gasteiger partial charge < -0.3 is 9.64 Å². The first-order valence-corrected chi connectivity index (χ1v) is 8.84. The number of aromatic nitrogens is 3. The van der Waals surface area contributed by atoms with E-state index < -0.39 is 0 Å². The molecule has 0 N–H and O–H groups in total. The van der Waals surface area contributed by atoms with Gasteiger partial charge in [-0.15, -0.1) is 5.10 Å². The Morgan fingerprint density at radius 2 is 2.00 bits per heavy atom. The van der Waals surface area contributed by atoms with Crippen LogP contribution in [0.3, 0.4) is 0 Å². The van der Waals surface area contributed by atoms with Crippen molar-refractivity contribution < 1.29 is 9.53 Å². The van der Waals surface area contributed by atoms with E-state index in [0.29, 0.717) is 19.7 Å². The SMILES string of the molecule is CC(C)(C)c1ccc(C(=O)N2CC[C@@H]3OCc4cnnn4[C@H]3C2)cc1. The number of hydrogen-bond donors (Lipinski definition) is 0. The standard InChI is InChI=1S/C19H24N4O2/c1-19(2,3)14-6-4-13(5-7-14)18(24)22-9-8-17-16(11-22)23-15(12-25-17)10-20-21-23/h4-7,10,16-17H,8-9,11-12H2,1-3H3/t16-,17-/m0/s1. The number of amides is 1. The number of ether oxygens (including phenoxy) is 1. The lowest BCUT2D eigenvalue weighted by Gasteiger charge is -2.41. The number of carbonyl (C=O) groups excluding carboxylic acids is 1. The lowest BCUT2D eigenvalue weighted by Crippen LogP contribution is -2.49. The van der Waals surface area contributed by atoms with Crippen LogP contribution in [-0.2, 0) is 16.8 Å². The van der Waals surface area contributed by atoms with E-state index in [1.165, 1.54) is 5.56 Å². The normalized spacial score (nSPS) is 23.1. The average molecular weight is 340 g/mol. The van der Waals surface area contributed by atoms with Gasteiger partial charge in [0.2, 0.25) is 0 Å². The largest absolute Gasteiger partial charge is 0.370 e. The first kappa shape index (κ1) is 16.3. The molecule has 132 valence electrons. The summed E-state index contributed by atoms with van der Waals surface area (Å²) in [4.78, 5) is 14.8. The lowest BCUT2D eigenvalue weighted by molar-refractivity contribution is -0.0605. The van der Waals surface area contributed by atoms with Crippen LogP contribution in [0.25, 0.3) is 0 Å². The first-order valence-electron chi connectivity index (χ1n) is 8.84. The van der Waals surface area contributed by atoms with E-state index in [9.17, 15) is 4.79 Å². The molecule has 0 radical (unpaired) electrons. The highest BCUT2D eigenvalue weighted by Crippen LogP contribution is 2.31. The van der Waals surface area contributed by atoms with Crippen LogP contribution in [0.2, 0.25) is 0 Å². The quantitative estimate of drug-likeness (QED) is 0.800. The van der Waals surface area contributed by atoms with Crippen molar-refractivity contribution in [2.24, 2.45) is 0 Å². The third-order valence-electron chi connectivity index (χ3n) is 5.21. The summed E-state index contributed by atoms with van der Waals surface area (Å²) < 4.78 is 7.84. The third kappa shape index (κ3) is 2.95. The fourth-order valence-corrected chi connectivity index (χ4v) is 3.66. The molecule has 6 heteroatoms. The van der Waals surface area contributed by atoms with E-state index >= 15 is 0 Å². The molecule has 2 aromatic rings. The molecule has 0 unspecified atom stereocenters. The lowest BCUT2D eigenvalue weighted by atomic mass is 9.86. The second kappa shape index (κ2) is 5.95. The minimum atomic E-state index is 0.0535. The predicted molar refractivity (Wildman–Crippen MR) is 93.3 cm³/mol. The van der Waals surface area contributed by atoms with Gasteiger partial charge in [0.05, 0.1) is 30.6 Å². The topological polar surface area (TPSA) is 60.3 Å². The molecule has 0 bridgehead atoms. The summed E-state index contributed by atoms with van der Waals surface area (Å²) in [5, 5.41) is 8.18. The second-order valence-electron chi connectivity index (χ2n) is 7.95. The van der Waals surface area contributed by atoms with Crippen LogP contribution >= 0.6 is 0 Å². The maximum Gasteiger partial charge on any atom is 0.253 e. The Bertz CT molecular complexity index is 775. The average Bonchev–Trinajstić information content (AvgIpc) is 3.09. The van der Waals surface area contributed by atoms with Gasteiger partial charge in [0.15, 0.2) is 0 Å². The molecule has 25 heavy (non-hydrogen) atoms. The fraction of sp³-hybridized carbons (Fsp3) is 0.526. The Morgan fingerprint density at radius 3 is 2.72 bits per heavy atom. The number of nitrogens with zero attached hydrogens (tertiary/aromatic N) is 4. The highest BCUT2D eigenvalue weighted by Gasteiger charge is 2.38. The molecule has 2 aliphatic heterocycles. The molecule has 1 aromatic carbocycles. The van der Waals surface area contributed by atoms with Gasteiger partial charge in [0.1, 0.15) is 0 Å². The third-order valence-corrected chi connectivity index (χ3v) is 5.21. The van der Waals surface area contributed by atoms with Crippen molar-refractivity contribution in [3.05, 3.63) is 47.3 Å². The zero-order valence-corrected chi connectivity index (χ0v) is 15.0. The zero-order chi connectivity index (χ0) is 17.6. The van der Waals surface area contributed by atoms with Crippen molar-refractivity contribution in [1.29, 1.82) is 0 Å². The minimum Gasteiger partial charge on any atom is -0.370 e. The van der Waals surface area contributed by atoms with Crippen LogP contribution < -0.4 is 0 Å². The summed E-state index contributed by atoms with van der Waals surface area (Å²) in [6.45, 7) is 8.40. The summed E-state index contributed by atoms with van der Waals surface area (Å²) in [5.74, 6) is 0.0751.